The third-order valence-corrected chi connectivity index (χ3v) is 12.4. The number of carbonyl (C=O) groups is 3. The summed E-state index contributed by atoms with van der Waals surface area (Å²) < 4.78 is 1.80. The van der Waals surface area contributed by atoms with Gasteiger partial charge in [0.25, 0.3) is 11.5 Å². The van der Waals surface area contributed by atoms with Gasteiger partial charge in [0.15, 0.2) is 0 Å². The van der Waals surface area contributed by atoms with Crippen LogP contribution in [0.4, 0.5) is 11.5 Å². The van der Waals surface area contributed by atoms with E-state index < -0.39 is 0 Å². The number of amides is 3. The standard InChI is InChI=1S/C38H47BrN8O4/c1-24-18-27(30-8-9-32(48)43-35(30)49)20-40-34(24)46-14-10-38(11-15-46)12-16-47(17-13-38)36(50)26-6-4-25(5-7-26)28-19-29(23-44(2)22-28)42-31-21-41-45(3)37(51)33(31)39/h4-7,18,20-21,28-30,42H,8-17,19,22-23H2,1-3H3,(H,43,48,49)/t28-,29+,30?/m1/s1. The first-order chi connectivity index (χ1) is 24.5. The van der Waals surface area contributed by atoms with Crippen LogP contribution in [0.5, 0.6) is 0 Å². The number of rotatable bonds is 6. The molecule has 13 heteroatoms. The van der Waals surface area contributed by atoms with Crippen molar-refractivity contribution in [2.75, 3.05) is 56.5 Å². The molecule has 12 nitrogen and oxygen atoms in total. The fraction of sp³-hybridized carbons (Fsp3) is 0.526. The molecule has 51 heavy (non-hydrogen) atoms. The highest BCUT2D eigenvalue weighted by Gasteiger charge is 2.39. The molecule has 3 aromatic rings. The van der Waals surface area contributed by atoms with Gasteiger partial charge in [0.2, 0.25) is 11.8 Å². The fourth-order valence-electron chi connectivity index (χ4n) is 8.58. The molecule has 1 spiro atoms. The Labute approximate surface area is 307 Å². The first kappa shape index (κ1) is 35.3. The minimum atomic E-state index is -0.325. The van der Waals surface area contributed by atoms with Gasteiger partial charge in [0.05, 0.1) is 17.8 Å². The molecule has 270 valence electrons. The lowest BCUT2D eigenvalue weighted by molar-refractivity contribution is -0.134. The van der Waals surface area contributed by atoms with Crippen molar-refractivity contribution >= 4 is 45.2 Å². The molecule has 4 saturated heterocycles. The number of pyridine rings is 1. The quantitative estimate of drug-likeness (QED) is 0.356. The van der Waals surface area contributed by atoms with E-state index in [1.54, 1.807) is 19.4 Å². The van der Waals surface area contributed by atoms with Gasteiger partial charge in [0.1, 0.15) is 10.3 Å². The normalized spacial score (nSPS) is 24.0. The zero-order chi connectivity index (χ0) is 35.9. The molecular formula is C38H47BrN8O4. The van der Waals surface area contributed by atoms with Crippen molar-refractivity contribution < 1.29 is 14.4 Å². The number of benzene rings is 1. The summed E-state index contributed by atoms with van der Waals surface area (Å²) in [5, 5.41) is 10.1. The Bertz CT molecular complexity index is 1860. The third-order valence-electron chi connectivity index (χ3n) is 11.6. The number of aryl methyl sites for hydroxylation is 2. The van der Waals surface area contributed by atoms with E-state index in [-0.39, 0.29) is 40.7 Å². The number of anilines is 2. The maximum Gasteiger partial charge on any atom is 0.282 e. The van der Waals surface area contributed by atoms with Crippen LogP contribution in [-0.4, -0.2) is 94.6 Å². The third kappa shape index (κ3) is 7.46. The lowest BCUT2D eigenvalue weighted by Crippen LogP contribution is -2.48. The molecule has 2 N–H and O–H groups in total. The average Bonchev–Trinajstić information content (AvgIpc) is 3.12. The number of likely N-dealkylation sites (N-methyl/N-ethyl adjacent to an activating group) is 1. The highest BCUT2D eigenvalue weighted by molar-refractivity contribution is 9.10. The van der Waals surface area contributed by atoms with Crippen LogP contribution in [0.3, 0.4) is 0 Å². The highest BCUT2D eigenvalue weighted by Crippen LogP contribution is 2.43. The van der Waals surface area contributed by atoms with Crippen molar-refractivity contribution in [3.8, 4) is 0 Å². The molecule has 4 aliphatic heterocycles. The van der Waals surface area contributed by atoms with Gasteiger partial charge in [0, 0.05) is 70.5 Å². The van der Waals surface area contributed by atoms with Gasteiger partial charge in [-0.25, -0.2) is 9.67 Å². The number of nitrogens with one attached hydrogen (secondary N) is 2. The van der Waals surface area contributed by atoms with Crippen LogP contribution >= 0.6 is 15.9 Å². The topological polar surface area (TPSA) is 133 Å². The molecule has 4 aliphatic rings. The fourth-order valence-corrected chi connectivity index (χ4v) is 9.05. The summed E-state index contributed by atoms with van der Waals surface area (Å²) >= 11 is 3.43. The summed E-state index contributed by atoms with van der Waals surface area (Å²) in [6.07, 6.45) is 9.44. The average molecular weight is 760 g/mol. The number of hydrogen-bond acceptors (Lipinski definition) is 9. The summed E-state index contributed by atoms with van der Waals surface area (Å²) in [6, 6.07) is 10.4. The summed E-state index contributed by atoms with van der Waals surface area (Å²) in [4.78, 5) is 61.4. The molecule has 2 aromatic heterocycles. The van der Waals surface area contributed by atoms with Crippen LogP contribution in [0.1, 0.15) is 83.8 Å². The summed E-state index contributed by atoms with van der Waals surface area (Å²) in [5.41, 5.74) is 4.65. The molecule has 1 unspecified atom stereocenters. The van der Waals surface area contributed by atoms with Crippen molar-refractivity contribution in [3.63, 3.8) is 0 Å². The van der Waals surface area contributed by atoms with Crippen LogP contribution in [0, 0.1) is 12.3 Å². The number of nitrogens with zero attached hydrogens (tertiary/aromatic N) is 6. The second kappa shape index (κ2) is 14.5. The van der Waals surface area contributed by atoms with Crippen LogP contribution in [-0.2, 0) is 16.6 Å². The Kier molecular flexibility index (Phi) is 10.0. The number of halogens is 1. The lowest BCUT2D eigenvalue weighted by Gasteiger charge is -2.47. The first-order valence-corrected chi connectivity index (χ1v) is 18.9. The number of hydrogen-bond donors (Lipinski definition) is 2. The van der Waals surface area contributed by atoms with Gasteiger partial charge in [-0.1, -0.05) is 18.2 Å². The molecular weight excluding hydrogens is 712 g/mol. The number of aromatic nitrogens is 3. The second-order valence-corrected chi connectivity index (χ2v) is 15.9. The van der Waals surface area contributed by atoms with Crippen LogP contribution in [0.2, 0.25) is 0 Å². The number of carbonyl (C=O) groups excluding carboxylic acids is 3. The summed E-state index contributed by atoms with van der Waals surface area (Å²) in [6.45, 7) is 7.22. The Balaban J connectivity index is 0.912. The molecule has 0 aliphatic carbocycles. The van der Waals surface area contributed by atoms with Gasteiger partial charge < -0.3 is 20.0 Å². The van der Waals surface area contributed by atoms with Crippen LogP contribution in [0.15, 0.2) is 52.0 Å². The zero-order valence-electron chi connectivity index (χ0n) is 29.7. The number of piperidine rings is 4. The maximum atomic E-state index is 13.6. The lowest BCUT2D eigenvalue weighted by atomic mass is 9.71. The van der Waals surface area contributed by atoms with Crippen molar-refractivity contribution in [1.82, 2.24) is 29.9 Å². The predicted octanol–water partition coefficient (Wildman–Crippen LogP) is 4.19. The zero-order valence-corrected chi connectivity index (χ0v) is 31.2. The van der Waals surface area contributed by atoms with Crippen LogP contribution < -0.4 is 21.1 Å². The first-order valence-electron chi connectivity index (χ1n) is 18.1. The van der Waals surface area contributed by atoms with E-state index in [0.717, 1.165) is 93.9 Å². The molecule has 0 bridgehead atoms. The van der Waals surface area contributed by atoms with Gasteiger partial charge in [-0.2, -0.15) is 5.10 Å². The number of imide groups is 1. The summed E-state index contributed by atoms with van der Waals surface area (Å²) in [7, 11) is 3.75. The van der Waals surface area contributed by atoms with Crippen molar-refractivity contribution in [1.29, 1.82) is 0 Å². The Hall–Kier alpha value is -4.10. The molecule has 4 fully saturated rings. The number of likely N-dealkylation sites (tertiary alicyclic amines) is 2. The largest absolute Gasteiger partial charge is 0.379 e. The van der Waals surface area contributed by atoms with Crippen LogP contribution in [0.25, 0.3) is 0 Å². The molecule has 3 amide bonds. The monoisotopic (exact) mass is 758 g/mol. The molecule has 0 radical (unpaired) electrons. The van der Waals surface area contributed by atoms with E-state index in [0.29, 0.717) is 28.9 Å². The minimum Gasteiger partial charge on any atom is -0.379 e. The van der Waals surface area contributed by atoms with E-state index in [2.05, 4.69) is 73.6 Å². The molecule has 3 atom stereocenters. The Morgan fingerprint density at radius 1 is 0.961 bits per heavy atom. The van der Waals surface area contributed by atoms with Gasteiger partial charge in [-0.3, -0.25) is 24.5 Å². The van der Waals surface area contributed by atoms with E-state index in [4.69, 9.17) is 4.98 Å². The summed E-state index contributed by atoms with van der Waals surface area (Å²) in [5.74, 6) is 0.609. The minimum absolute atomic E-state index is 0.105. The van der Waals surface area contributed by atoms with Gasteiger partial charge in [-0.05, 0) is 109 Å². The predicted molar refractivity (Wildman–Crippen MR) is 199 cm³/mol. The van der Waals surface area contributed by atoms with Crippen molar-refractivity contribution in [2.45, 2.75) is 69.7 Å². The van der Waals surface area contributed by atoms with Crippen molar-refractivity contribution in [3.05, 3.63) is 79.8 Å². The Morgan fingerprint density at radius 3 is 2.35 bits per heavy atom. The van der Waals surface area contributed by atoms with Gasteiger partial charge in [-0.15, -0.1) is 0 Å². The molecule has 1 aromatic carbocycles. The molecule has 6 heterocycles. The Morgan fingerprint density at radius 2 is 1.67 bits per heavy atom. The van der Waals surface area contributed by atoms with Crippen molar-refractivity contribution in [2.24, 2.45) is 12.5 Å². The SMILES string of the molecule is Cc1cc(C2CCC(=O)NC2=O)cnc1N1CCC2(CCN(C(=O)c3ccc([C@@H]4C[C@H](Nc5cnn(C)c(=O)c5Br)CN(C)C4)cc3)CC2)CC1. The van der Waals surface area contributed by atoms with E-state index in [1.165, 1.54) is 10.2 Å². The van der Waals surface area contributed by atoms with E-state index >= 15 is 0 Å². The smallest absolute Gasteiger partial charge is 0.282 e. The molecule has 0 saturated carbocycles. The van der Waals surface area contributed by atoms with E-state index in [9.17, 15) is 19.2 Å². The second-order valence-electron chi connectivity index (χ2n) is 15.1. The van der Waals surface area contributed by atoms with Gasteiger partial charge >= 0.3 is 0 Å². The maximum absolute atomic E-state index is 13.6. The molecule has 7 rings (SSSR count). The highest BCUT2D eigenvalue weighted by atomic mass is 79.9. The van der Waals surface area contributed by atoms with E-state index in [1.807, 2.05) is 17.0 Å².